The van der Waals surface area contributed by atoms with E-state index < -0.39 is 0 Å². The van der Waals surface area contributed by atoms with Crippen molar-refractivity contribution in [1.29, 1.82) is 5.26 Å². The number of hydrogen-bond donors (Lipinski definition) is 1. The van der Waals surface area contributed by atoms with Gasteiger partial charge in [-0.15, -0.1) is 12.4 Å². The zero-order valence-electron chi connectivity index (χ0n) is 15.1. The largest absolute Gasteiger partial charge is 0.493 e. The van der Waals surface area contributed by atoms with Gasteiger partial charge < -0.3 is 10.1 Å². The Bertz CT molecular complexity index is 876. The van der Waals surface area contributed by atoms with Gasteiger partial charge in [0.1, 0.15) is 5.75 Å². The number of amides is 1. The first-order valence-electron chi connectivity index (χ1n) is 8.88. The first-order chi connectivity index (χ1) is 12.6. The van der Waals surface area contributed by atoms with E-state index in [9.17, 15) is 10.1 Å². The summed E-state index contributed by atoms with van der Waals surface area (Å²) >= 11 is 0. The number of likely N-dealkylation sites (tertiary alicyclic amines) is 1. The summed E-state index contributed by atoms with van der Waals surface area (Å²) in [4.78, 5) is 13.6. The second kappa shape index (κ2) is 7.99. The average molecular weight is 384 g/mol. The third-order valence-corrected chi connectivity index (χ3v) is 5.19. The molecule has 0 bridgehead atoms. The molecule has 1 amide bonds. The Hall–Kier alpha value is -2.55. The van der Waals surface area contributed by atoms with Crippen LogP contribution in [0.3, 0.4) is 0 Å². The number of hydrogen-bond acceptors (Lipinski definition) is 4. The molecule has 2 aliphatic rings. The van der Waals surface area contributed by atoms with E-state index in [0.717, 1.165) is 37.7 Å². The molecule has 5 nitrogen and oxygen atoms in total. The number of benzene rings is 2. The fourth-order valence-electron chi connectivity index (χ4n) is 4.00. The Labute approximate surface area is 165 Å². The SMILES string of the molecule is CC(=O)Nc1ccc(CN2C[C@H]3COc4ccc(C#N)cc4[C@@H]3C2)cc1.Cl. The summed E-state index contributed by atoms with van der Waals surface area (Å²) in [5, 5.41) is 12.0. The Morgan fingerprint density at radius 1 is 1.26 bits per heavy atom. The topological polar surface area (TPSA) is 65.4 Å². The molecule has 27 heavy (non-hydrogen) atoms. The molecule has 0 radical (unpaired) electrons. The van der Waals surface area contributed by atoms with Gasteiger partial charge in [0, 0.05) is 49.6 Å². The minimum absolute atomic E-state index is 0. The summed E-state index contributed by atoms with van der Waals surface area (Å²) in [5.74, 6) is 1.75. The fourth-order valence-corrected chi connectivity index (χ4v) is 4.00. The van der Waals surface area contributed by atoms with Gasteiger partial charge in [-0.2, -0.15) is 5.26 Å². The van der Waals surface area contributed by atoms with Crippen LogP contribution in [-0.4, -0.2) is 30.5 Å². The summed E-state index contributed by atoms with van der Waals surface area (Å²) in [7, 11) is 0. The quantitative estimate of drug-likeness (QED) is 0.880. The van der Waals surface area contributed by atoms with Crippen LogP contribution >= 0.6 is 12.4 Å². The normalized spacial score (nSPS) is 20.4. The van der Waals surface area contributed by atoms with Gasteiger partial charge in [-0.25, -0.2) is 0 Å². The summed E-state index contributed by atoms with van der Waals surface area (Å²) < 4.78 is 5.91. The summed E-state index contributed by atoms with van der Waals surface area (Å²) in [6.07, 6.45) is 0. The van der Waals surface area contributed by atoms with Gasteiger partial charge in [-0.05, 0) is 35.9 Å². The maximum absolute atomic E-state index is 11.1. The predicted molar refractivity (Wildman–Crippen MR) is 106 cm³/mol. The molecule has 6 heteroatoms. The Balaban J connectivity index is 0.00000210. The minimum Gasteiger partial charge on any atom is -0.493 e. The highest BCUT2D eigenvalue weighted by molar-refractivity contribution is 5.88. The van der Waals surface area contributed by atoms with Gasteiger partial charge in [0.2, 0.25) is 5.91 Å². The third-order valence-electron chi connectivity index (χ3n) is 5.19. The second-order valence-corrected chi connectivity index (χ2v) is 7.11. The number of nitriles is 1. The van der Waals surface area contributed by atoms with E-state index in [1.165, 1.54) is 18.1 Å². The van der Waals surface area contributed by atoms with Crippen molar-refractivity contribution in [2.45, 2.75) is 19.4 Å². The Morgan fingerprint density at radius 2 is 2.04 bits per heavy atom. The van der Waals surface area contributed by atoms with Gasteiger partial charge in [0.25, 0.3) is 0 Å². The van der Waals surface area contributed by atoms with E-state index in [4.69, 9.17) is 4.74 Å². The van der Waals surface area contributed by atoms with E-state index in [1.54, 1.807) is 0 Å². The number of anilines is 1. The van der Waals surface area contributed by atoms with Gasteiger partial charge in [-0.1, -0.05) is 12.1 Å². The number of fused-ring (bicyclic) bond motifs is 3. The molecule has 140 valence electrons. The number of carbonyl (C=O) groups excluding carboxylic acids is 1. The van der Waals surface area contributed by atoms with E-state index in [1.807, 2.05) is 30.3 Å². The van der Waals surface area contributed by atoms with Crippen molar-refractivity contribution in [2.24, 2.45) is 5.92 Å². The maximum Gasteiger partial charge on any atom is 0.221 e. The zero-order valence-corrected chi connectivity index (χ0v) is 16.0. The van der Waals surface area contributed by atoms with Gasteiger partial charge in [0.15, 0.2) is 0 Å². The lowest BCUT2D eigenvalue weighted by Gasteiger charge is -2.27. The van der Waals surface area contributed by atoms with Crippen LogP contribution in [-0.2, 0) is 11.3 Å². The van der Waals surface area contributed by atoms with Crippen molar-refractivity contribution in [3.8, 4) is 11.8 Å². The molecule has 0 unspecified atom stereocenters. The van der Waals surface area contributed by atoms with Crippen LogP contribution in [0.5, 0.6) is 5.75 Å². The molecular weight excluding hydrogens is 362 g/mol. The van der Waals surface area contributed by atoms with Crippen molar-refractivity contribution in [1.82, 2.24) is 4.90 Å². The molecule has 1 saturated heterocycles. The van der Waals surface area contributed by atoms with Crippen LogP contribution in [0.15, 0.2) is 42.5 Å². The van der Waals surface area contributed by atoms with E-state index in [-0.39, 0.29) is 18.3 Å². The lowest BCUT2D eigenvalue weighted by atomic mass is 9.86. The van der Waals surface area contributed by atoms with Crippen LogP contribution in [0, 0.1) is 17.2 Å². The second-order valence-electron chi connectivity index (χ2n) is 7.11. The van der Waals surface area contributed by atoms with Gasteiger partial charge in [0.05, 0.1) is 18.2 Å². The van der Waals surface area contributed by atoms with Gasteiger partial charge >= 0.3 is 0 Å². The van der Waals surface area contributed by atoms with Crippen LogP contribution in [0.2, 0.25) is 0 Å². The summed E-state index contributed by atoms with van der Waals surface area (Å²) in [6.45, 7) is 5.09. The molecular formula is C21H22ClN3O2. The maximum atomic E-state index is 11.1. The number of carbonyl (C=O) groups is 1. The summed E-state index contributed by atoms with van der Waals surface area (Å²) in [6, 6.07) is 16.0. The molecule has 2 aliphatic heterocycles. The smallest absolute Gasteiger partial charge is 0.221 e. The molecule has 0 saturated carbocycles. The molecule has 0 spiro atoms. The summed E-state index contributed by atoms with van der Waals surface area (Å²) in [5.41, 5.74) is 3.91. The zero-order chi connectivity index (χ0) is 18.1. The average Bonchev–Trinajstić information content (AvgIpc) is 3.05. The monoisotopic (exact) mass is 383 g/mol. The predicted octanol–water partition coefficient (Wildman–Crippen LogP) is 3.55. The number of halogens is 1. The standard InChI is InChI=1S/C21H21N3O2.ClH/c1-14(25)23-18-5-2-15(3-6-18)10-24-11-17-13-26-21-7-4-16(9-22)8-19(21)20(17)12-24;/h2-8,17,20H,10-13H2,1H3,(H,23,25);1H/t17-,20+;/m0./s1. The molecule has 1 fully saturated rings. The van der Waals surface area contributed by atoms with E-state index >= 15 is 0 Å². The highest BCUT2D eigenvalue weighted by Gasteiger charge is 2.38. The molecule has 2 aromatic rings. The number of nitrogens with one attached hydrogen (secondary N) is 1. The molecule has 0 aromatic heterocycles. The highest BCUT2D eigenvalue weighted by atomic mass is 35.5. The first kappa shape index (κ1) is 19.2. The Kier molecular flexibility index (Phi) is 5.69. The van der Waals surface area contributed by atoms with E-state index in [0.29, 0.717) is 17.4 Å². The van der Waals surface area contributed by atoms with Crippen molar-refractivity contribution >= 4 is 24.0 Å². The van der Waals surface area contributed by atoms with Crippen LogP contribution in [0.1, 0.15) is 29.5 Å². The Morgan fingerprint density at radius 3 is 2.74 bits per heavy atom. The molecule has 1 N–H and O–H groups in total. The number of nitrogens with zero attached hydrogens (tertiary/aromatic N) is 2. The van der Waals surface area contributed by atoms with Crippen molar-refractivity contribution in [3.63, 3.8) is 0 Å². The van der Waals surface area contributed by atoms with Crippen molar-refractivity contribution < 1.29 is 9.53 Å². The van der Waals surface area contributed by atoms with Crippen LogP contribution < -0.4 is 10.1 Å². The van der Waals surface area contributed by atoms with Crippen molar-refractivity contribution in [2.75, 3.05) is 25.0 Å². The molecule has 2 aromatic carbocycles. The number of rotatable bonds is 3. The molecule has 4 rings (SSSR count). The number of ether oxygens (including phenoxy) is 1. The van der Waals surface area contributed by atoms with Crippen LogP contribution in [0.4, 0.5) is 5.69 Å². The van der Waals surface area contributed by atoms with E-state index in [2.05, 4.69) is 28.4 Å². The third kappa shape index (κ3) is 4.08. The molecule has 2 heterocycles. The molecule has 0 aliphatic carbocycles. The fraction of sp³-hybridized carbons (Fsp3) is 0.333. The minimum atomic E-state index is -0.0585. The highest BCUT2D eigenvalue weighted by Crippen LogP contribution is 2.42. The first-order valence-corrected chi connectivity index (χ1v) is 8.88. The van der Waals surface area contributed by atoms with Gasteiger partial charge in [-0.3, -0.25) is 9.69 Å². The lowest BCUT2D eigenvalue weighted by Crippen LogP contribution is -2.25. The van der Waals surface area contributed by atoms with Crippen LogP contribution in [0.25, 0.3) is 0 Å². The molecule has 2 atom stereocenters. The van der Waals surface area contributed by atoms with Crippen molar-refractivity contribution in [3.05, 3.63) is 59.2 Å². The lowest BCUT2D eigenvalue weighted by molar-refractivity contribution is -0.114.